The molecule has 10 heteroatoms. The zero-order chi connectivity index (χ0) is 26.0. The van der Waals surface area contributed by atoms with Gasteiger partial charge in [0, 0.05) is 51.2 Å². The van der Waals surface area contributed by atoms with Crippen molar-refractivity contribution in [1.82, 2.24) is 15.4 Å². The van der Waals surface area contributed by atoms with Gasteiger partial charge in [-0.15, -0.1) is 0 Å². The van der Waals surface area contributed by atoms with Gasteiger partial charge in [0.15, 0.2) is 0 Å². The number of benzene rings is 1. The number of halogens is 2. The number of carbonyl (C=O) groups excluding carboxylic acids is 1. The minimum atomic E-state index is -0.567. The van der Waals surface area contributed by atoms with E-state index >= 15 is 8.78 Å². The normalized spacial score (nSPS) is 26.8. The van der Waals surface area contributed by atoms with Gasteiger partial charge in [-0.1, -0.05) is 5.64 Å². The lowest BCUT2D eigenvalue weighted by molar-refractivity contribution is -0.241. The standard InChI is InChI=1S/C26H40F2N4O4/c1-17-14-31(24-21(27)12-20(13-22(24)28)23-8-11-34-29-36-23)15-18(2)32(17)16-19-6-9-30(10-7-19)25(33)35-26(3,4)5/h12-13,17-19,23,29H,6-11,14-16H2,1-5H3/t17-,18+,23?. The van der Waals surface area contributed by atoms with E-state index in [0.717, 1.165) is 19.4 Å². The van der Waals surface area contributed by atoms with Crippen LogP contribution in [0.2, 0.25) is 0 Å². The molecule has 3 fully saturated rings. The van der Waals surface area contributed by atoms with Gasteiger partial charge in [0.1, 0.15) is 29.0 Å². The molecule has 1 aromatic carbocycles. The summed E-state index contributed by atoms with van der Waals surface area (Å²) in [6.07, 6.45) is 1.67. The third-order valence-electron chi connectivity index (χ3n) is 7.30. The van der Waals surface area contributed by atoms with Gasteiger partial charge < -0.3 is 14.5 Å². The van der Waals surface area contributed by atoms with Gasteiger partial charge in [-0.25, -0.2) is 13.6 Å². The van der Waals surface area contributed by atoms with E-state index in [1.807, 2.05) is 25.7 Å². The maximum atomic E-state index is 15.1. The topological polar surface area (TPSA) is 66.5 Å². The second-order valence-corrected chi connectivity index (χ2v) is 11.4. The molecule has 1 N–H and O–H groups in total. The third kappa shape index (κ3) is 6.45. The second kappa shape index (κ2) is 11.2. The highest BCUT2D eigenvalue weighted by Crippen LogP contribution is 2.33. The molecular formula is C26H40F2N4O4. The van der Waals surface area contributed by atoms with Crippen molar-refractivity contribution < 1.29 is 28.0 Å². The van der Waals surface area contributed by atoms with E-state index in [4.69, 9.17) is 14.4 Å². The Morgan fingerprint density at radius 1 is 1.08 bits per heavy atom. The Morgan fingerprint density at radius 2 is 1.69 bits per heavy atom. The first-order valence-corrected chi connectivity index (χ1v) is 13.0. The molecule has 0 aromatic heterocycles. The first kappa shape index (κ1) is 27.0. The lowest BCUT2D eigenvalue weighted by atomic mass is 9.94. The van der Waals surface area contributed by atoms with Crippen LogP contribution in [0.25, 0.3) is 0 Å². The summed E-state index contributed by atoms with van der Waals surface area (Å²) in [6, 6.07) is 3.02. The maximum absolute atomic E-state index is 15.1. The van der Waals surface area contributed by atoms with Crippen molar-refractivity contribution >= 4 is 11.8 Å². The molecule has 3 saturated heterocycles. The molecule has 202 valence electrons. The van der Waals surface area contributed by atoms with Crippen LogP contribution in [0.3, 0.4) is 0 Å². The zero-order valence-corrected chi connectivity index (χ0v) is 22.1. The molecule has 3 aliphatic rings. The van der Waals surface area contributed by atoms with Crippen molar-refractivity contribution in [3.8, 4) is 0 Å². The number of carbonyl (C=O) groups is 1. The van der Waals surface area contributed by atoms with Crippen LogP contribution < -0.4 is 10.5 Å². The number of amides is 1. The fraction of sp³-hybridized carbons (Fsp3) is 0.731. The molecule has 3 heterocycles. The van der Waals surface area contributed by atoms with Crippen LogP contribution in [-0.4, -0.2) is 72.9 Å². The minimum absolute atomic E-state index is 0.0304. The molecule has 3 atom stereocenters. The summed E-state index contributed by atoms with van der Waals surface area (Å²) in [5.41, 5.74) is 2.33. The first-order chi connectivity index (χ1) is 17.0. The van der Waals surface area contributed by atoms with Crippen LogP contribution in [0.1, 0.15) is 65.5 Å². The number of hydrogen-bond donors (Lipinski definition) is 1. The molecule has 8 nitrogen and oxygen atoms in total. The summed E-state index contributed by atoms with van der Waals surface area (Å²) < 4.78 is 35.8. The zero-order valence-electron chi connectivity index (χ0n) is 22.1. The van der Waals surface area contributed by atoms with E-state index in [2.05, 4.69) is 24.4 Å². The number of nitrogens with zero attached hydrogens (tertiary/aromatic N) is 3. The summed E-state index contributed by atoms with van der Waals surface area (Å²) in [5, 5.41) is 0. The van der Waals surface area contributed by atoms with Crippen molar-refractivity contribution in [2.75, 3.05) is 44.2 Å². The van der Waals surface area contributed by atoms with Gasteiger partial charge in [-0.2, -0.15) is 0 Å². The molecular weight excluding hydrogens is 470 g/mol. The fourth-order valence-electron chi connectivity index (χ4n) is 5.49. The summed E-state index contributed by atoms with van der Waals surface area (Å²) >= 11 is 0. The van der Waals surface area contributed by atoms with E-state index < -0.39 is 23.3 Å². The molecule has 1 unspecified atom stereocenters. The highest BCUT2D eigenvalue weighted by Gasteiger charge is 2.35. The third-order valence-corrected chi connectivity index (χ3v) is 7.30. The van der Waals surface area contributed by atoms with E-state index in [1.165, 1.54) is 12.1 Å². The minimum Gasteiger partial charge on any atom is -0.444 e. The molecule has 4 rings (SSSR count). The summed E-state index contributed by atoms with van der Waals surface area (Å²) in [5.74, 6) is -0.661. The van der Waals surface area contributed by atoms with E-state index in [0.29, 0.717) is 50.7 Å². The van der Waals surface area contributed by atoms with Gasteiger partial charge in [-0.05, 0) is 71.1 Å². The molecule has 36 heavy (non-hydrogen) atoms. The smallest absolute Gasteiger partial charge is 0.410 e. The van der Waals surface area contributed by atoms with Gasteiger partial charge in [0.25, 0.3) is 0 Å². The highest BCUT2D eigenvalue weighted by molar-refractivity contribution is 5.68. The van der Waals surface area contributed by atoms with Gasteiger partial charge in [-0.3, -0.25) is 14.6 Å². The Balaban J connectivity index is 1.34. The molecule has 3 aliphatic heterocycles. The van der Waals surface area contributed by atoms with Crippen LogP contribution in [0.15, 0.2) is 12.1 Å². The Morgan fingerprint density at radius 3 is 2.22 bits per heavy atom. The quantitative estimate of drug-likeness (QED) is 0.644. The predicted octanol–water partition coefficient (Wildman–Crippen LogP) is 4.41. The van der Waals surface area contributed by atoms with Crippen molar-refractivity contribution in [3.63, 3.8) is 0 Å². The Labute approximate surface area is 212 Å². The molecule has 0 aliphatic carbocycles. The first-order valence-electron chi connectivity index (χ1n) is 13.0. The molecule has 0 bridgehead atoms. The molecule has 0 spiro atoms. The fourth-order valence-corrected chi connectivity index (χ4v) is 5.49. The largest absolute Gasteiger partial charge is 0.444 e. The predicted molar refractivity (Wildman–Crippen MR) is 132 cm³/mol. The average Bonchev–Trinajstić information content (AvgIpc) is 2.81. The van der Waals surface area contributed by atoms with Gasteiger partial charge in [0.05, 0.1) is 6.61 Å². The number of anilines is 1. The Kier molecular flexibility index (Phi) is 8.38. The number of piperazine rings is 1. The number of ether oxygens (including phenoxy) is 1. The second-order valence-electron chi connectivity index (χ2n) is 11.4. The number of piperidine rings is 1. The Bertz CT molecular complexity index is 879. The van der Waals surface area contributed by atoms with E-state index in [1.54, 1.807) is 4.90 Å². The molecule has 0 saturated carbocycles. The van der Waals surface area contributed by atoms with Crippen molar-refractivity contribution in [2.24, 2.45) is 5.92 Å². The maximum Gasteiger partial charge on any atom is 0.410 e. The lowest BCUT2D eigenvalue weighted by Gasteiger charge is -2.47. The Hall–Kier alpha value is -2.01. The van der Waals surface area contributed by atoms with Gasteiger partial charge >= 0.3 is 6.09 Å². The number of rotatable bonds is 4. The van der Waals surface area contributed by atoms with Crippen molar-refractivity contribution in [3.05, 3.63) is 29.3 Å². The van der Waals surface area contributed by atoms with Crippen LogP contribution in [0, 0.1) is 17.6 Å². The number of hydrogen-bond acceptors (Lipinski definition) is 7. The van der Waals surface area contributed by atoms with E-state index in [-0.39, 0.29) is 23.9 Å². The van der Waals surface area contributed by atoms with Crippen LogP contribution in [0.5, 0.6) is 0 Å². The van der Waals surface area contributed by atoms with Crippen LogP contribution >= 0.6 is 0 Å². The molecule has 0 radical (unpaired) electrons. The summed E-state index contributed by atoms with van der Waals surface area (Å²) in [4.78, 5) is 28.6. The molecule has 1 amide bonds. The van der Waals surface area contributed by atoms with E-state index in [9.17, 15) is 4.79 Å². The lowest BCUT2D eigenvalue weighted by Crippen LogP contribution is -2.58. The summed E-state index contributed by atoms with van der Waals surface area (Å²) in [7, 11) is 0. The highest BCUT2D eigenvalue weighted by atomic mass is 19.1. The van der Waals surface area contributed by atoms with Gasteiger partial charge in [0.2, 0.25) is 0 Å². The molecule has 1 aromatic rings. The van der Waals surface area contributed by atoms with Crippen LogP contribution in [0.4, 0.5) is 19.3 Å². The summed E-state index contributed by atoms with van der Waals surface area (Å²) in [6.45, 7) is 13.7. The number of nitrogens with one attached hydrogen (secondary N) is 1. The average molecular weight is 511 g/mol. The SMILES string of the molecule is C[C@@H]1CN(c2c(F)cc(C3CCONO3)cc2F)C[C@H](C)N1CC1CCN(C(=O)OC(C)(C)C)CC1. The van der Waals surface area contributed by atoms with Crippen LogP contribution in [-0.2, 0) is 14.4 Å². The monoisotopic (exact) mass is 510 g/mol. The van der Waals surface area contributed by atoms with Crippen molar-refractivity contribution in [1.29, 1.82) is 0 Å². The van der Waals surface area contributed by atoms with Crippen molar-refractivity contribution in [2.45, 2.75) is 77.7 Å². The number of likely N-dealkylation sites (tertiary alicyclic amines) is 1.